The van der Waals surface area contributed by atoms with Crippen LogP contribution in [-0.2, 0) is 14.6 Å². The van der Waals surface area contributed by atoms with E-state index < -0.39 is 9.84 Å². The van der Waals surface area contributed by atoms with Crippen molar-refractivity contribution >= 4 is 21.9 Å². The minimum absolute atomic E-state index is 0.0102. The van der Waals surface area contributed by atoms with Crippen LogP contribution in [0.2, 0.25) is 0 Å². The van der Waals surface area contributed by atoms with Crippen molar-refractivity contribution in [3.63, 3.8) is 0 Å². The molecule has 0 radical (unpaired) electrons. The molecular weight excluding hydrogens is 192 g/mol. The molecule has 0 aliphatic heterocycles. The van der Waals surface area contributed by atoms with Crippen molar-refractivity contribution in [2.75, 3.05) is 11.6 Å². The number of amides is 1. The van der Waals surface area contributed by atoms with Crippen LogP contribution in [0.25, 0.3) is 0 Å². The van der Waals surface area contributed by atoms with Crippen LogP contribution >= 0.6 is 0 Å². The lowest BCUT2D eigenvalue weighted by atomic mass is 10.4. The van der Waals surface area contributed by atoms with E-state index in [1.807, 2.05) is 0 Å². The second-order valence-corrected chi connectivity index (χ2v) is 4.38. The second-order valence-electron chi connectivity index (χ2n) is 2.42. The van der Waals surface area contributed by atoms with E-state index in [1.54, 1.807) is 0 Å². The molecule has 0 aromatic carbocycles. The van der Waals surface area contributed by atoms with Crippen molar-refractivity contribution in [2.24, 2.45) is 0 Å². The zero-order valence-corrected chi connectivity index (χ0v) is 7.71. The maximum atomic E-state index is 10.9. The Bertz CT molecular complexity index is 396. The largest absolute Gasteiger partial charge is 0.327 e. The van der Waals surface area contributed by atoms with Crippen LogP contribution in [0.4, 0.5) is 5.69 Å². The molecule has 1 aromatic heterocycles. The summed E-state index contributed by atoms with van der Waals surface area (Å²) in [6.45, 7) is 0. The Hall–Kier alpha value is -1.43. The summed E-state index contributed by atoms with van der Waals surface area (Å²) in [6, 6.07) is 2.80. The Balaban J connectivity index is 3.01. The number of carbonyl (C=O) groups excluding carboxylic acids is 1. The lowest BCUT2D eigenvalue weighted by molar-refractivity contribution is -0.105. The van der Waals surface area contributed by atoms with E-state index in [1.165, 1.54) is 18.3 Å². The van der Waals surface area contributed by atoms with E-state index in [4.69, 9.17) is 0 Å². The van der Waals surface area contributed by atoms with Gasteiger partial charge in [-0.1, -0.05) is 0 Å². The van der Waals surface area contributed by atoms with E-state index in [-0.39, 0.29) is 5.03 Å². The van der Waals surface area contributed by atoms with Gasteiger partial charge in [0.25, 0.3) is 0 Å². The van der Waals surface area contributed by atoms with Crippen molar-refractivity contribution < 1.29 is 13.2 Å². The summed E-state index contributed by atoms with van der Waals surface area (Å²) in [5, 5.41) is 2.34. The lowest BCUT2D eigenvalue weighted by Crippen LogP contribution is -2.01. The summed E-state index contributed by atoms with van der Waals surface area (Å²) in [6.07, 6.45) is 2.85. The van der Waals surface area contributed by atoms with Gasteiger partial charge in [-0.25, -0.2) is 13.4 Å². The van der Waals surface area contributed by atoms with Gasteiger partial charge in [0.1, 0.15) is 0 Å². The van der Waals surface area contributed by atoms with E-state index in [0.717, 1.165) is 6.26 Å². The molecule has 0 aliphatic rings. The lowest BCUT2D eigenvalue weighted by Gasteiger charge is -1.99. The Morgan fingerprint density at radius 3 is 2.54 bits per heavy atom. The molecule has 0 bridgehead atoms. The third-order valence-electron chi connectivity index (χ3n) is 1.34. The quantitative estimate of drug-likeness (QED) is 0.699. The van der Waals surface area contributed by atoms with Crippen LogP contribution in [0.1, 0.15) is 0 Å². The molecule has 0 fully saturated rings. The minimum Gasteiger partial charge on any atom is -0.327 e. The van der Waals surface area contributed by atoms with Crippen LogP contribution in [0.15, 0.2) is 23.4 Å². The van der Waals surface area contributed by atoms with Crippen molar-refractivity contribution in [3.05, 3.63) is 18.3 Å². The number of anilines is 1. The van der Waals surface area contributed by atoms with Crippen molar-refractivity contribution in [2.45, 2.75) is 5.03 Å². The van der Waals surface area contributed by atoms with Crippen LogP contribution in [0, 0.1) is 0 Å². The maximum absolute atomic E-state index is 10.9. The zero-order valence-electron chi connectivity index (χ0n) is 6.89. The standard InChI is InChI=1S/C7H8N2O3S/c1-13(11,12)7-3-2-6(4-8-7)9-5-10/h2-5H,1H3,(H,9,10). The third-order valence-corrected chi connectivity index (χ3v) is 2.34. The SMILES string of the molecule is CS(=O)(=O)c1ccc(NC=O)cn1. The van der Waals surface area contributed by atoms with Crippen LogP contribution in [-0.4, -0.2) is 26.1 Å². The molecule has 6 heteroatoms. The molecule has 1 N–H and O–H groups in total. The van der Waals surface area contributed by atoms with Gasteiger partial charge >= 0.3 is 0 Å². The average Bonchev–Trinajstić information content (AvgIpc) is 2.04. The molecular formula is C7H8N2O3S. The molecule has 0 unspecified atom stereocenters. The molecule has 13 heavy (non-hydrogen) atoms. The first-order valence-corrected chi connectivity index (χ1v) is 5.29. The molecule has 1 aromatic rings. The summed E-state index contributed by atoms with van der Waals surface area (Å²) in [5.41, 5.74) is 0.461. The molecule has 5 nitrogen and oxygen atoms in total. The van der Waals surface area contributed by atoms with Crippen molar-refractivity contribution in [1.82, 2.24) is 4.98 Å². The Morgan fingerprint density at radius 1 is 1.46 bits per heavy atom. The number of sulfone groups is 1. The number of aromatic nitrogens is 1. The molecule has 1 heterocycles. The van der Waals surface area contributed by atoms with Gasteiger partial charge in [-0.2, -0.15) is 0 Å². The van der Waals surface area contributed by atoms with Gasteiger partial charge in [-0.05, 0) is 12.1 Å². The number of hydrogen-bond acceptors (Lipinski definition) is 4. The van der Waals surface area contributed by atoms with E-state index >= 15 is 0 Å². The molecule has 0 atom stereocenters. The average molecular weight is 200 g/mol. The van der Waals surface area contributed by atoms with Crippen molar-refractivity contribution in [1.29, 1.82) is 0 Å². The monoisotopic (exact) mass is 200 g/mol. The summed E-state index contributed by atoms with van der Waals surface area (Å²) in [4.78, 5) is 13.7. The number of rotatable bonds is 3. The highest BCUT2D eigenvalue weighted by molar-refractivity contribution is 7.90. The van der Waals surface area contributed by atoms with Crippen LogP contribution in [0.3, 0.4) is 0 Å². The summed E-state index contributed by atoms with van der Waals surface area (Å²) >= 11 is 0. The number of nitrogens with one attached hydrogen (secondary N) is 1. The van der Waals surface area contributed by atoms with Gasteiger partial charge in [0, 0.05) is 6.26 Å². The molecule has 1 amide bonds. The van der Waals surface area contributed by atoms with Gasteiger partial charge in [-0.15, -0.1) is 0 Å². The highest BCUT2D eigenvalue weighted by atomic mass is 32.2. The fourth-order valence-corrected chi connectivity index (χ4v) is 1.31. The smallest absolute Gasteiger partial charge is 0.211 e. The van der Waals surface area contributed by atoms with Crippen LogP contribution in [0.5, 0.6) is 0 Å². The second kappa shape index (κ2) is 3.53. The molecule has 1 rings (SSSR count). The van der Waals surface area contributed by atoms with Crippen molar-refractivity contribution in [3.8, 4) is 0 Å². The minimum atomic E-state index is -3.26. The third kappa shape index (κ3) is 2.51. The molecule has 0 spiro atoms. The Morgan fingerprint density at radius 2 is 2.15 bits per heavy atom. The van der Waals surface area contributed by atoms with E-state index in [9.17, 15) is 13.2 Å². The van der Waals surface area contributed by atoms with Crippen LogP contribution < -0.4 is 5.32 Å². The zero-order chi connectivity index (χ0) is 9.90. The predicted molar refractivity (Wildman–Crippen MR) is 47.0 cm³/mol. The predicted octanol–water partition coefficient (Wildman–Crippen LogP) is 0.0534. The fourth-order valence-electron chi connectivity index (χ4n) is 0.753. The van der Waals surface area contributed by atoms with Gasteiger partial charge in [0.15, 0.2) is 14.9 Å². The fraction of sp³-hybridized carbons (Fsp3) is 0.143. The Labute approximate surface area is 75.7 Å². The van der Waals surface area contributed by atoms with Gasteiger partial charge in [-0.3, -0.25) is 4.79 Å². The van der Waals surface area contributed by atoms with Gasteiger partial charge in [0.2, 0.25) is 6.41 Å². The van der Waals surface area contributed by atoms with E-state index in [0.29, 0.717) is 12.1 Å². The van der Waals surface area contributed by atoms with Gasteiger partial charge in [0.05, 0.1) is 11.9 Å². The summed E-state index contributed by atoms with van der Waals surface area (Å²) < 4.78 is 21.9. The van der Waals surface area contributed by atoms with Gasteiger partial charge < -0.3 is 5.32 Å². The maximum Gasteiger partial charge on any atom is 0.211 e. The number of pyridine rings is 1. The normalized spacial score (nSPS) is 10.8. The highest BCUT2D eigenvalue weighted by Crippen LogP contribution is 2.08. The van der Waals surface area contributed by atoms with E-state index in [2.05, 4.69) is 10.3 Å². The first kappa shape index (κ1) is 9.66. The topological polar surface area (TPSA) is 76.1 Å². The number of hydrogen-bond donors (Lipinski definition) is 1. The highest BCUT2D eigenvalue weighted by Gasteiger charge is 2.07. The Kier molecular flexibility index (Phi) is 2.62. The number of carbonyl (C=O) groups is 1. The summed E-state index contributed by atoms with van der Waals surface area (Å²) in [5.74, 6) is 0. The first-order chi connectivity index (χ1) is 6.04. The first-order valence-electron chi connectivity index (χ1n) is 3.40. The molecule has 0 saturated carbocycles. The number of nitrogens with zero attached hydrogens (tertiary/aromatic N) is 1. The molecule has 0 saturated heterocycles. The summed E-state index contributed by atoms with van der Waals surface area (Å²) in [7, 11) is -3.26. The molecule has 0 aliphatic carbocycles. The molecule has 70 valence electrons.